The van der Waals surface area contributed by atoms with Crippen molar-refractivity contribution in [2.75, 3.05) is 30.7 Å². The summed E-state index contributed by atoms with van der Waals surface area (Å²) in [4.78, 5) is 18.5. The second-order valence-corrected chi connectivity index (χ2v) is 11.3. The lowest BCUT2D eigenvalue weighted by Gasteiger charge is -2.36. The highest BCUT2D eigenvalue weighted by Gasteiger charge is 2.42. The maximum absolute atomic E-state index is 14.9. The summed E-state index contributed by atoms with van der Waals surface area (Å²) in [5.41, 5.74) is 1.42. The number of halogens is 4. The molecular formula is C30H33F3IN3O2. The summed E-state index contributed by atoms with van der Waals surface area (Å²) < 4.78 is 51.8. The van der Waals surface area contributed by atoms with Crippen molar-refractivity contribution in [1.29, 1.82) is 0 Å². The molecular weight excluding hydrogens is 618 g/mol. The summed E-state index contributed by atoms with van der Waals surface area (Å²) >= 11 is 2.09. The molecule has 1 aromatic heterocycles. The van der Waals surface area contributed by atoms with Crippen molar-refractivity contribution >= 4 is 28.4 Å². The fourth-order valence-corrected chi connectivity index (χ4v) is 6.62. The number of hydrogen-bond acceptors (Lipinski definition) is 4. The number of nitrogens with zero attached hydrogens (tertiary/aromatic N) is 2. The van der Waals surface area contributed by atoms with Crippen molar-refractivity contribution in [1.82, 2.24) is 14.9 Å². The molecule has 2 fully saturated rings. The van der Waals surface area contributed by atoms with Gasteiger partial charge < -0.3 is 14.6 Å². The molecule has 2 saturated heterocycles. The van der Waals surface area contributed by atoms with Crippen LogP contribution in [-0.4, -0.2) is 52.2 Å². The molecule has 2 aliphatic heterocycles. The normalized spacial score (nSPS) is 21.6. The number of benzene rings is 2. The first-order chi connectivity index (χ1) is 18.9. The highest BCUT2D eigenvalue weighted by Crippen LogP contribution is 2.43. The Morgan fingerprint density at radius 3 is 2.59 bits per heavy atom. The van der Waals surface area contributed by atoms with Crippen molar-refractivity contribution < 1.29 is 22.7 Å². The molecule has 9 heteroatoms. The van der Waals surface area contributed by atoms with Gasteiger partial charge in [-0.1, -0.05) is 52.9 Å². The lowest BCUT2D eigenvalue weighted by molar-refractivity contribution is -0.122. The predicted octanol–water partition coefficient (Wildman–Crippen LogP) is 5.95. The number of alkyl halides is 2. The maximum Gasteiger partial charge on any atom is 0.146 e. The van der Waals surface area contributed by atoms with Crippen LogP contribution in [0, 0.1) is 29.4 Å². The van der Waals surface area contributed by atoms with Crippen LogP contribution in [0.25, 0.3) is 11.3 Å². The van der Waals surface area contributed by atoms with Crippen molar-refractivity contribution in [2.24, 2.45) is 17.8 Å². The Labute approximate surface area is 240 Å². The smallest absolute Gasteiger partial charge is 0.146 e. The molecule has 5 rings (SSSR count). The van der Waals surface area contributed by atoms with E-state index in [4.69, 9.17) is 9.72 Å². The summed E-state index contributed by atoms with van der Waals surface area (Å²) in [5.74, 6) is -1.31. The molecule has 39 heavy (non-hydrogen) atoms. The minimum absolute atomic E-state index is 0.0685. The van der Waals surface area contributed by atoms with E-state index in [0.29, 0.717) is 55.2 Å². The lowest BCUT2D eigenvalue weighted by atomic mass is 9.72. The SMILES string of the molecule is O=C(CI)C(C[C@@H]1CNC[C@@H]1F)[C@@H](c1nc(-c2cc(F)ccc2F)cn1Cc1ccccc1)C1CCOCC1. The van der Waals surface area contributed by atoms with Gasteiger partial charge in [0.2, 0.25) is 0 Å². The number of aromatic nitrogens is 2. The van der Waals surface area contributed by atoms with Crippen LogP contribution in [0.5, 0.6) is 0 Å². The van der Waals surface area contributed by atoms with E-state index in [9.17, 15) is 18.0 Å². The number of rotatable bonds is 10. The van der Waals surface area contributed by atoms with Crippen molar-refractivity contribution in [3.05, 3.63) is 77.8 Å². The summed E-state index contributed by atoms with van der Waals surface area (Å²) in [6, 6.07) is 13.2. The minimum atomic E-state index is -1.01. The van der Waals surface area contributed by atoms with E-state index in [-0.39, 0.29) is 29.1 Å². The van der Waals surface area contributed by atoms with E-state index in [0.717, 1.165) is 36.6 Å². The maximum atomic E-state index is 14.9. The van der Waals surface area contributed by atoms with Gasteiger partial charge in [0.15, 0.2) is 0 Å². The van der Waals surface area contributed by atoms with E-state index < -0.39 is 23.7 Å². The highest BCUT2D eigenvalue weighted by molar-refractivity contribution is 14.1. The van der Waals surface area contributed by atoms with Crippen LogP contribution < -0.4 is 5.32 Å². The molecule has 0 saturated carbocycles. The van der Waals surface area contributed by atoms with Crippen LogP contribution in [-0.2, 0) is 16.1 Å². The van der Waals surface area contributed by atoms with E-state index in [2.05, 4.69) is 27.9 Å². The van der Waals surface area contributed by atoms with E-state index in [1.807, 2.05) is 34.9 Å². The molecule has 3 aromatic rings. The van der Waals surface area contributed by atoms with E-state index in [1.165, 1.54) is 0 Å². The van der Waals surface area contributed by atoms with Gasteiger partial charge in [-0.3, -0.25) is 4.79 Å². The molecule has 1 unspecified atom stereocenters. The number of carbonyl (C=O) groups excluding carboxylic acids is 1. The Morgan fingerprint density at radius 2 is 1.90 bits per heavy atom. The van der Waals surface area contributed by atoms with Crippen molar-refractivity contribution in [2.45, 2.75) is 37.9 Å². The van der Waals surface area contributed by atoms with Gasteiger partial charge in [0.1, 0.15) is 29.4 Å². The third-order valence-corrected chi connectivity index (χ3v) is 8.82. The van der Waals surface area contributed by atoms with Gasteiger partial charge in [0, 0.05) is 62.4 Å². The average Bonchev–Trinajstić information content (AvgIpc) is 3.56. The van der Waals surface area contributed by atoms with Gasteiger partial charge >= 0.3 is 0 Å². The molecule has 0 amide bonds. The molecule has 208 valence electrons. The molecule has 2 aromatic carbocycles. The monoisotopic (exact) mass is 651 g/mol. The van der Waals surface area contributed by atoms with Crippen LogP contribution in [0.3, 0.4) is 0 Å². The Balaban J connectivity index is 1.64. The van der Waals surface area contributed by atoms with Crippen LogP contribution in [0.15, 0.2) is 54.7 Å². The second-order valence-electron chi connectivity index (χ2n) is 10.6. The van der Waals surface area contributed by atoms with Gasteiger partial charge in [-0.25, -0.2) is 18.2 Å². The Bertz CT molecular complexity index is 1270. The topological polar surface area (TPSA) is 56.2 Å². The van der Waals surface area contributed by atoms with Gasteiger partial charge in [0.05, 0.1) is 10.1 Å². The van der Waals surface area contributed by atoms with Gasteiger partial charge in [-0.2, -0.15) is 0 Å². The molecule has 1 N–H and O–H groups in total. The van der Waals surface area contributed by atoms with Crippen LogP contribution in [0.2, 0.25) is 0 Å². The largest absolute Gasteiger partial charge is 0.381 e. The lowest BCUT2D eigenvalue weighted by Crippen LogP contribution is -2.36. The number of nitrogens with one attached hydrogen (secondary N) is 1. The number of ketones is 1. The van der Waals surface area contributed by atoms with E-state index >= 15 is 0 Å². The summed E-state index contributed by atoms with van der Waals surface area (Å²) in [5, 5.41) is 3.12. The van der Waals surface area contributed by atoms with Crippen molar-refractivity contribution in [3.8, 4) is 11.3 Å². The van der Waals surface area contributed by atoms with E-state index in [1.54, 1.807) is 6.20 Å². The predicted molar refractivity (Wildman–Crippen MR) is 153 cm³/mol. The summed E-state index contributed by atoms with van der Waals surface area (Å²) in [6.45, 7) is 2.44. The first-order valence-electron chi connectivity index (χ1n) is 13.5. The van der Waals surface area contributed by atoms with Crippen molar-refractivity contribution in [3.63, 3.8) is 0 Å². The average molecular weight is 652 g/mol. The number of ether oxygens (including phenoxy) is 1. The van der Waals surface area contributed by atoms with Gasteiger partial charge in [-0.15, -0.1) is 0 Å². The zero-order chi connectivity index (χ0) is 27.4. The van der Waals surface area contributed by atoms with Gasteiger partial charge in [-0.05, 0) is 48.9 Å². The molecule has 0 radical (unpaired) electrons. The molecule has 5 nitrogen and oxygen atoms in total. The molecule has 2 aliphatic rings. The fraction of sp³-hybridized carbons (Fsp3) is 0.467. The molecule has 3 heterocycles. The molecule has 0 aliphatic carbocycles. The summed E-state index contributed by atoms with van der Waals surface area (Å²) in [6.07, 6.45) is 2.66. The number of hydrogen-bond donors (Lipinski definition) is 1. The molecule has 0 spiro atoms. The Morgan fingerprint density at radius 1 is 1.13 bits per heavy atom. The Kier molecular flexibility index (Phi) is 9.40. The third kappa shape index (κ3) is 6.57. The number of carbonyl (C=O) groups is 1. The Hall–Kier alpha value is -2.24. The van der Waals surface area contributed by atoms with Crippen LogP contribution >= 0.6 is 22.6 Å². The second kappa shape index (κ2) is 13.0. The fourth-order valence-electron chi connectivity index (χ4n) is 6.06. The highest BCUT2D eigenvalue weighted by atomic mass is 127. The quantitative estimate of drug-likeness (QED) is 0.218. The number of Topliss-reactive ketones (excluding diaryl/α,β-unsaturated/α-hetero) is 1. The molecule has 0 bridgehead atoms. The zero-order valence-electron chi connectivity index (χ0n) is 21.7. The van der Waals surface area contributed by atoms with Crippen LogP contribution in [0.1, 0.15) is 36.6 Å². The molecule has 4 atom stereocenters. The zero-order valence-corrected chi connectivity index (χ0v) is 23.8. The first kappa shape index (κ1) is 28.3. The minimum Gasteiger partial charge on any atom is -0.381 e. The first-order valence-corrected chi connectivity index (χ1v) is 15.0. The summed E-state index contributed by atoms with van der Waals surface area (Å²) in [7, 11) is 0. The number of imidazole rings is 1. The van der Waals surface area contributed by atoms with Gasteiger partial charge in [0.25, 0.3) is 0 Å². The third-order valence-electron chi connectivity index (χ3n) is 8.07. The standard InChI is InChI=1S/C30H33F3IN3O2/c31-22-6-7-25(32)23(13-22)27-18-37(17-19-4-2-1-3-5-19)30(36-27)29(20-8-10-39-11-9-20)24(28(38)14-34)12-21-15-35-16-26(21)33/h1-7,13,18,20-21,24,26,29,35H,8-12,14-17H2/t21-,24?,26+,29+/m1/s1. The van der Waals surface area contributed by atoms with Crippen LogP contribution in [0.4, 0.5) is 13.2 Å².